The highest BCUT2D eigenvalue weighted by atomic mass is 16.5. The van der Waals surface area contributed by atoms with Gasteiger partial charge in [0.05, 0.1) is 34.8 Å². The van der Waals surface area contributed by atoms with Gasteiger partial charge >= 0.3 is 0 Å². The number of carbonyl (C=O) groups excluding carboxylic acids is 15. The molecule has 806 valence electrons. The summed E-state index contributed by atoms with van der Waals surface area (Å²) in [6.07, 6.45) is 11.0. The number of amides is 15. The summed E-state index contributed by atoms with van der Waals surface area (Å²) in [4.78, 5) is 198. The van der Waals surface area contributed by atoms with Crippen molar-refractivity contribution in [2.45, 2.75) is 316 Å². The zero-order valence-corrected chi connectivity index (χ0v) is 90.0. The van der Waals surface area contributed by atoms with Crippen LogP contribution in [-0.2, 0) is 64.0 Å². The molecule has 5 aromatic rings. The maximum absolute atomic E-state index is 14.0. The first-order chi connectivity index (χ1) is 68.3. The first kappa shape index (κ1) is 126. The highest BCUT2D eigenvalue weighted by Crippen LogP contribution is 2.21. The molecule has 18 N–H and O–H groups in total. The second-order valence-corrected chi connectivity index (χ2v) is 40.0. The van der Waals surface area contributed by atoms with Crippen molar-refractivity contribution in [2.75, 3.05) is 39.3 Å². The summed E-state index contributed by atoms with van der Waals surface area (Å²) in [6.45, 7) is 50.9. The standard InChI is InChI=1S/C37H57N7O6.C36H55N7O6.C33H57N7O6/c1-9-25(7)32(43-34(46)28-16-18-44(50)19-17-28)37(49)41-30(21-27-14-12-11-13-15-27)35(47)40-29(20-23(3)4)22-39-26(8)33(45)42-31(24(5)6)36(48)38-10-2;1-9-24(7)30(41-33(45)27-16-18-43(49)19-17-27)35(47)42-31(26-14-12-11-13-15-26)36(48)39-28(20-22(3)4)21-38-25(8)32(44)40-29(23(5)6)34(46)37-10-2;1-11-22(9)28(39-30(42)24-13-15-40(46)16-14-24)33(45)38-27(21(7)8)32(44)36-25(17-19(3)4)18-35-23(10)29(41)37-26(20(5)6)31(43)34-12-2/h11-19,23-26,29-32,39H,9-10,20-22H2,1-8H3,(H,38,48)(H,40,47)(H,41,49)(H,42,45)(H,43,46);11-19,22-25,28-31,38H,9-10,20-21H2,1-8H3,(H,37,46)(H,39,48)(H,40,44)(H,41,45)(H,42,47);13-16,19-23,25-28,35H,11-12,17-18H2,1-10H3,(H,34,43)(H,36,44)(H,37,41)(H,38,45)(H,39,42)/t25-,26-,29-,30-,31-,32-;24-,25-,28-,29-,30-,31-;22-,23-,25-,26-,27-,28-/m000/s1. The minimum Gasteiger partial charge on any atom is -0.619 e. The van der Waals surface area contributed by atoms with Crippen LogP contribution in [0.15, 0.2) is 134 Å². The van der Waals surface area contributed by atoms with Crippen LogP contribution in [0, 0.1) is 74.8 Å². The van der Waals surface area contributed by atoms with E-state index in [1.54, 1.807) is 45.0 Å². The molecule has 0 aliphatic carbocycles. The molecule has 0 radical (unpaired) electrons. The zero-order chi connectivity index (χ0) is 109. The van der Waals surface area contributed by atoms with E-state index < -0.39 is 126 Å². The van der Waals surface area contributed by atoms with Crippen molar-refractivity contribution in [1.82, 2.24) is 95.7 Å². The smallest absolute Gasteiger partial charge is 0.252 e. The molecule has 2 aromatic carbocycles. The number of hydrogen-bond donors (Lipinski definition) is 18. The summed E-state index contributed by atoms with van der Waals surface area (Å²) in [7, 11) is 0. The van der Waals surface area contributed by atoms with Crippen LogP contribution in [0.1, 0.15) is 267 Å². The van der Waals surface area contributed by atoms with E-state index in [9.17, 15) is 87.5 Å². The Morgan fingerprint density at radius 1 is 0.269 bits per heavy atom. The Balaban J connectivity index is 0.000000559. The van der Waals surface area contributed by atoms with Gasteiger partial charge in [-0.05, 0) is 131 Å². The number of hydrogen-bond acceptors (Lipinski definition) is 21. The van der Waals surface area contributed by atoms with Gasteiger partial charge in [0.2, 0.25) is 70.9 Å². The van der Waals surface area contributed by atoms with Crippen molar-refractivity contribution in [3.05, 3.63) is 178 Å². The van der Waals surface area contributed by atoms with Crippen molar-refractivity contribution in [1.29, 1.82) is 0 Å². The third-order valence-electron chi connectivity index (χ3n) is 24.7. The topological polar surface area (TPSA) is 553 Å². The van der Waals surface area contributed by atoms with Crippen molar-refractivity contribution < 1.29 is 86.1 Å². The molecule has 0 unspecified atom stereocenters. The number of benzene rings is 2. The number of aromatic nitrogens is 3. The Bertz CT molecular complexity index is 4840. The minimum atomic E-state index is -1.08. The van der Waals surface area contributed by atoms with Crippen LogP contribution in [0.3, 0.4) is 0 Å². The fraction of sp³-hybridized carbons (Fsp3) is 0.604. The molecule has 0 saturated carbocycles. The Kier molecular flexibility index (Phi) is 57.1. The maximum Gasteiger partial charge on any atom is 0.252 e. The zero-order valence-electron chi connectivity index (χ0n) is 90.0. The van der Waals surface area contributed by atoms with E-state index in [1.165, 1.54) is 73.6 Å². The maximum atomic E-state index is 14.0. The highest BCUT2D eigenvalue weighted by molar-refractivity contribution is 6.01. The quantitative estimate of drug-likeness (QED) is 0.0169. The Labute approximate surface area is 857 Å². The fourth-order valence-electron chi connectivity index (χ4n) is 15.4. The van der Waals surface area contributed by atoms with Gasteiger partial charge in [0, 0.05) is 100 Å². The third-order valence-corrected chi connectivity index (χ3v) is 24.7. The summed E-state index contributed by atoms with van der Waals surface area (Å²) < 4.78 is 1.69. The second-order valence-electron chi connectivity index (χ2n) is 40.0. The van der Waals surface area contributed by atoms with Gasteiger partial charge in [0.1, 0.15) is 54.4 Å². The lowest BCUT2D eigenvalue weighted by atomic mass is 9.95. The van der Waals surface area contributed by atoms with Gasteiger partial charge in [0.25, 0.3) is 17.7 Å². The van der Waals surface area contributed by atoms with Gasteiger partial charge in [-0.2, -0.15) is 14.2 Å². The summed E-state index contributed by atoms with van der Waals surface area (Å²) in [5.74, 6) is -6.73. The van der Waals surface area contributed by atoms with Crippen LogP contribution in [0.25, 0.3) is 0 Å². The van der Waals surface area contributed by atoms with Crippen molar-refractivity contribution in [3.8, 4) is 0 Å². The number of carbonyl (C=O) groups is 15. The predicted molar refractivity (Wildman–Crippen MR) is 557 cm³/mol. The van der Waals surface area contributed by atoms with Gasteiger partial charge in [-0.1, -0.05) is 218 Å². The average Bonchev–Trinajstić information content (AvgIpc) is 0.862. The fourth-order valence-corrected chi connectivity index (χ4v) is 15.4. The molecule has 145 heavy (non-hydrogen) atoms. The average molecular weight is 2030 g/mol. The number of rotatable bonds is 58. The van der Waals surface area contributed by atoms with Crippen LogP contribution in [-0.4, -0.2) is 212 Å². The van der Waals surface area contributed by atoms with Gasteiger partial charge in [-0.15, -0.1) is 0 Å². The summed E-state index contributed by atoms with van der Waals surface area (Å²) in [5.41, 5.74) is 2.08. The molecular weight excluding hydrogens is 1860 g/mol. The van der Waals surface area contributed by atoms with E-state index in [4.69, 9.17) is 0 Å². The minimum absolute atomic E-state index is 0.100. The van der Waals surface area contributed by atoms with Crippen LogP contribution in [0.5, 0.6) is 0 Å². The van der Waals surface area contributed by atoms with Crippen molar-refractivity contribution in [3.63, 3.8) is 0 Å². The molecule has 15 amide bonds. The van der Waals surface area contributed by atoms with E-state index in [0.717, 1.165) is 5.56 Å². The lowest BCUT2D eigenvalue weighted by molar-refractivity contribution is -0.605. The van der Waals surface area contributed by atoms with E-state index in [2.05, 4.69) is 95.7 Å². The highest BCUT2D eigenvalue weighted by Gasteiger charge is 2.39. The molecule has 3 aromatic heterocycles. The largest absolute Gasteiger partial charge is 0.619 e. The Morgan fingerprint density at radius 2 is 0.524 bits per heavy atom. The molecule has 0 fully saturated rings. The van der Waals surface area contributed by atoms with Gasteiger partial charge in [0.15, 0.2) is 37.2 Å². The van der Waals surface area contributed by atoms with E-state index in [0.29, 0.717) is 77.9 Å². The van der Waals surface area contributed by atoms with Gasteiger partial charge in [-0.25, -0.2) is 0 Å². The Hall–Kier alpha value is -12.8. The second kappa shape index (κ2) is 65.6. The molecule has 39 heteroatoms. The van der Waals surface area contributed by atoms with E-state index in [-0.39, 0.29) is 155 Å². The first-order valence-corrected chi connectivity index (χ1v) is 51.2. The third kappa shape index (κ3) is 45.6. The molecule has 0 aliphatic rings. The summed E-state index contributed by atoms with van der Waals surface area (Å²) >= 11 is 0. The molecule has 3 heterocycles. The van der Waals surface area contributed by atoms with E-state index >= 15 is 0 Å². The van der Waals surface area contributed by atoms with Crippen molar-refractivity contribution >= 4 is 88.6 Å². The van der Waals surface area contributed by atoms with Crippen molar-refractivity contribution in [2.24, 2.45) is 59.2 Å². The summed E-state index contributed by atoms with van der Waals surface area (Å²) in [6, 6.07) is 15.5. The molecule has 0 bridgehead atoms. The monoisotopic (exact) mass is 2020 g/mol. The van der Waals surface area contributed by atoms with Crippen LogP contribution >= 0.6 is 0 Å². The SMILES string of the molecule is CCNC(=O)[C@@H](NC(=O)[C@H](C)NC[C@H](CC(C)C)NC(=O)[C@@H](NC(=O)[C@@H](NC(=O)c1cc[n+]([O-])cc1)[C@@H](C)CC)C(C)C)C(C)C.CCNC(=O)[C@@H](NC(=O)[C@H](C)NC[C@H](CC(C)C)NC(=O)[C@@H](NC(=O)[C@@H](NC(=O)c1cc[n+]([O-])cc1)[C@@H](C)CC)c1ccccc1)C(C)C.CCNC(=O)[C@@H](NC(=O)[C@H](C)NC[C@H](CC(C)C)NC(=O)[C@H](Cc1ccccc1)NC(=O)[C@@H](NC(=O)c1cc[n+]([O-])cc1)[C@@H](C)CC)C(C)C. The summed E-state index contributed by atoms with van der Waals surface area (Å²) in [5, 5.41) is 86.7. The molecule has 0 spiro atoms. The van der Waals surface area contributed by atoms with Crippen LogP contribution in [0.2, 0.25) is 0 Å². The Morgan fingerprint density at radius 3 is 0.807 bits per heavy atom. The molecule has 39 nitrogen and oxygen atoms in total. The number of nitrogens with one attached hydrogen (secondary N) is 18. The number of pyridine rings is 3. The molecule has 0 saturated heterocycles. The molecular formula is C106H169N21O18. The molecule has 5 rings (SSSR count). The normalized spacial score (nSPS) is 15.0. The van der Waals surface area contributed by atoms with Crippen LogP contribution in [0.4, 0.5) is 0 Å². The first-order valence-electron chi connectivity index (χ1n) is 51.2. The van der Waals surface area contributed by atoms with Gasteiger partial charge < -0.3 is 111 Å². The predicted octanol–water partition coefficient (Wildman–Crippen LogP) is 5.48. The molecule has 18 atom stereocenters. The van der Waals surface area contributed by atoms with E-state index in [1.807, 2.05) is 196 Å². The number of likely N-dealkylation sites (N-methyl/N-ethyl adjacent to an activating group) is 3. The lowest BCUT2D eigenvalue weighted by Gasteiger charge is -2.30. The van der Waals surface area contributed by atoms with Crippen LogP contribution < -0.4 is 110 Å². The molecule has 0 aliphatic heterocycles. The van der Waals surface area contributed by atoms with Gasteiger partial charge in [-0.3, -0.25) is 71.9 Å². The lowest BCUT2D eigenvalue weighted by Crippen LogP contribution is -2.59. The number of nitrogens with zero attached hydrogens (tertiary/aromatic N) is 3.